The normalized spacial score (nSPS) is 19.9. The van der Waals surface area contributed by atoms with Gasteiger partial charge in [0, 0.05) is 24.7 Å². The molecule has 1 aliphatic heterocycles. The molecular weight excluding hydrogens is 240 g/mol. The SMILES string of the molecule is COc1cccc(C(=O)CN2CCC(N(C)C)C2)c1. The van der Waals surface area contributed by atoms with E-state index in [9.17, 15) is 4.79 Å². The topological polar surface area (TPSA) is 32.8 Å². The fourth-order valence-electron chi connectivity index (χ4n) is 2.47. The second kappa shape index (κ2) is 6.17. The van der Waals surface area contributed by atoms with Gasteiger partial charge in [-0.15, -0.1) is 0 Å². The minimum Gasteiger partial charge on any atom is -0.497 e. The fraction of sp³-hybridized carbons (Fsp3) is 0.533. The maximum atomic E-state index is 12.2. The van der Waals surface area contributed by atoms with Crippen LogP contribution < -0.4 is 4.74 Å². The summed E-state index contributed by atoms with van der Waals surface area (Å²) >= 11 is 0. The number of nitrogens with zero attached hydrogens (tertiary/aromatic N) is 2. The highest BCUT2D eigenvalue weighted by molar-refractivity contribution is 5.97. The molecule has 0 spiro atoms. The van der Waals surface area contributed by atoms with Crippen LogP contribution in [0, 0.1) is 0 Å². The van der Waals surface area contributed by atoms with E-state index in [4.69, 9.17) is 4.74 Å². The van der Waals surface area contributed by atoms with Gasteiger partial charge in [-0.2, -0.15) is 0 Å². The number of ketones is 1. The summed E-state index contributed by atoms with van der Waals surface area (Å²) in [4.78, 5) is 16.7. The third-order valence-electron chi connectivity index (χ3n) is 3.74. The van der Waals surface area contributed by atoms with Crippen molar-refractivity contribution in [1.82, 2.24) is 9.80 Å². The van der Waals surface area contributed by atoms with Crippen LogP contribution in [0.5, 0.6) is 5.75 Å². The Balaban J connectivity index is 1.94. The maximum absolute atomic E-state index is 12.2. The standard InChI is InChI=1S/C15H22N2O2/c1-16(2)13-7-8-17(10-13)11-15(18)12-5-4-6-14(9-12)19-3/h4-6,9,13H,7-8,10-11H2,1-3H3. The number of ether oxygens (including phenoxy) is 1. The van der Waals surface area contributed by atoms with Gasteiger partial charge in [0.2, 0.25) is 0 Å². The minimum absolute atomic E-state index is 0.165. The maximum Gasteiger partial charge on any atom is 0.176 e. The lowest BCUT2D eigenvalue weighted by molar-refractivity contribution is 0.0941. The minimum atomic E-state index is 0.165. The molecule has 0 saturated carbocycles. The van der Waals surface area contributed by atoms with Crippen LogP contribution in [0.25, 0.3) is 0 Å². The fourth-order valence-corrected chi connectivity index (χ4v) is 2.47. The van der Waals surface area contributed by atoms with Gasteiger partial charge < -0.3 is 9.64 Å². The number of carbonyl (C=O) groups is 1. The molecule has 2 rings (SSSR count). The summed E-state index contributed by atoms with van der Waals surface area (Å²) in [5.74, 6) is 0.900. The Morgan fingerprint density at radius 3 is 2.89 bits per heavy atom. The van der Waals surface area contributed by atoms with Crippen LogP contribution in [-0.4, -0.2) is 62.5 Å². The van der Waals surface area contributed by atoms with Crippen LogP contribution in [0.15, 0.2) is 24.3 Å². The molecule has 0 amide bonds. The van der Waals surface area contributed by atoms with E-state index < -0.39 is 0 Å². The first-order chi connectivity index (χ1) is 9.10. The number of rotatable bonds is 5. The van der Waals surface area contributed by atoms with Gasteiger partial charge in [0.15, 0.2) is 5.78 Å². The van der Waals surface area contributed by atoms with Crippen LogP contribution in [-0.2, 0) is 0 Å². The number of Topliss-reactive ketones (excluding diaryl/α,β-unsaturated/α-hetero) is 1. The largest absolute Gasteiger partial charge is 0.497 e. The van der Waals surface area contributed by atoms with Gasteiger partial charge in [-0.3, -0.25) is 9.69 Å². The second-order valence-corrected chi connectivity index (χ2v) is 5.30. The van der Waals surface area contributed by atoms with Crippen molar-refractivity contribution < 1.29 is 9.53 Å². The molecule has 4 nitrogen and oxygen atoms in total. The molecule has 19 heavy (non-hydrogen) atoms. The van der Waals surface area contributed by atoms with Gasteiger partial charge in [0.1, 0.15) is 5.75 Å². The summed E-state index contributed by atoms with van der Waals surface area (Å²) in [7, 11) is 5.81. The molecule has 1 unspecified atom stereocenters. The molecule has 1 atom stereocenters. The van der Waals surface area contributed by atoms with E-state index in [0.717, 1.165) is 30.8 Å². The lowest BCUT2D eigenvalue weighted by Crippen LogP contribution is -2.33. The number of carbonyl (C=O) groups excluding carboxylic acids is 1. The number of hydrogen-bond donors (Lipinski definition) is 0. The van der Waals surface area contributed by atoms with E-state index in [1.54, 1.807) is 7.11 Å². The summed E-state index contributed by atoms with van der Waals surface area (Å²) in [5.41, 5.74) is 0.729. The molecule has 104 valence electrons. The number of hydrogen-bond acceptors (Lipinski definition) is 4. The first kappa shape index (κ1) is 14.0. The Morgan fingerprint density at radius 2 is 2.26 bits per heavy atom. The average molecular weight is 262 g/mol. The first-order valence-corrected chi connectivity index (χ1v) is 6.66. The van der Waals surface area contributed by atoms with E-state index in [1.807, 2.05) is 24.3 Å². The predicted molar refractivity (Wildman–Crippen MR) is 75.9 cm³/mol. The molecule has 0 N–H and O–H groups in total. The third kappa shape index (κ3) is 3.55. The van der Waals surface area contributed by atoms with Crippen molar-refractivity contribution in [2.75, 3.05) is 40.8 Å². The zero-order chi connectivity index (χ0) is 13.8. The number of likely N-dealkylation sites (tertiary alicyclic amines) is 1. The smallest absolute Gasteiger partial charge is 0.176 e. The van der Waals surface area contributed by atoms with Crippen molar-refractivity contribution in [3.05, 3.63) is 29.8 Å². The molecule has 1 aliphatic rings. The Hall–Kier alpha value is -1.39. The molecule has 1 heterocycles. The molecule has 1 fully saturated rings. The van der Waals surface area contributed by atoms with Crippen molar-refractivity contribution in [3.8, 4) is 5.75 Å². The van der Waals surface area contributed by atoms with Crippen molar-refractivity contribution in [2.24, 2.45) is 0 Å². The summed E-state index contributed by atoms with van der Waals surface area (Å²) < 4.78 is 5.15. The molecule has 0 radical (unpaired) electrons. The van der Waals surface area contributed by atoms with E-state index in [0.29, 0.717) is 12.6 Å². The van der Waals surface area contributed by atoms with Crippen LogP contribution in [0.3, 0.4) is 0 Å². The van der Waals surface area contributed by atoms with Gasteiger partial charge in [-0.05, 0) is 32.6 Å². The zero-order valence-corrected chi connectivity index (χ0v) is 11.9. The molecule has 0 aromatic heterocycles. The van der Waals surface area contributed by atoms with Crippen LogP contribution in [0.1, 0.15) is 16.8 Å². The Labute approximate surface area is 115 Å². The lowest BCUT2D eigenvalue weighted by atomic mass is 10.1. The molecule has 1 aromatic rings. The third-order valence-corrected chi connectivity index (χ3v) is 3.74. The highest BCUT2D eigenvalue weighted by Gasteiger charge is 2.25. The van der Waals surface area contributed by atoms with Gasteiger partial charge in [-0.25, -0.2) is 0 Å². The highest BCUT2D eigenvalue weighted by Crippen LogP contribution is 2.16. The highest BCUT2D eigenvalue weighted by atomic mass is 16.5. The van der Waals surface area contributed by atoms with Crippen molar-refractivity contribution >= 4 is 5.78 Å². The van der Waals surface area contributed by atoms with Gasteiger partial charge in [0.05, 0.1) is 13.7 Å². The van der Waals surface area contributed by atoms with Crippen LogP contribution in [0.2, 0.25) is 0 Å². The molecular formula is C15H22N2O2. The van der Waals surface area contributed by atoms with E-state index in [-0.39, 0.29) is 5.78 Å². The van der Waals surface area contributed by atoms with Crippen LogP contribution >= 0.6 is 0 Å². The summed E-state index contributed by atoms with van der Waals surface area (Å²) in [6, 6.07) is 7.94. The van der Waals surface area contributed by atoms with Gasteiger partial charge in [-0.1, -0.05) is 12.1 Å². The van der Waals surface area contributed by atoms with Gasteiger partial charge >= 0.3 is 0 Å². The Kier molecular flexibility index (Phi) is 4.56. The first-order valence-electron chi connectivity index (χ1n) is 6.66. The predicted octanol–water partition coefficient (Wildman–Crippen LogP) is 1.51. The van der Waals surface area contributed by atoms with E-state index >= 15 is 0 Å². The number of methoxy groups -OCH3 is 1. The average Bonchev–Trinajstić information content (AvgIpc) is 2.87. The molecule has 1 aromatic carbocycles. The molecule has 0 aliphatic carbocycles. The molecule has 4 heteroatoms. The monoisotopic (exact) mass is 262 g/mol. The number of likely N-dealkylation sites (N-methyl/N-ethyl adjacent to an activating group) is 1. The number of benzene rings is 1. The summed E-state index contributed by atoms with van der Waals surface area (Å²) in [6.45, 7) is 2.47. The zero-order valence-electron chi connectivity index (χ0n) is 11.9. The summed E-state index contributed by atoms with van der Waals surface area (Å²) in [5, 5.41) is 0. The lowest BCUT2D eigenvalue weighted by Gasteiger charge is -2.19. The second-order valence-electron chi connectivity index (χ2n) is 5.30. The summed E-state index contributed by atoms with van der Waals surface area (Å²) in [6.07, 6.45) is 1.14. The Bertz CT molecular complexity index is 446. The Morgan fingerprint density at radius 1 is 1.47 bits per heavy atom. The molecule has 1 saturated heterocycles. The van der Waals surface area contributed by atoms with E-state index in [2.05, 4.69) is 23.9 Å². The van der Waals surface area contributed by atoms with Crippen molar-refractivity contribution in [1.29, 1.82) is 0 Å². The molecule has 0 bridgehead atoms. The van der Waals surface area contributed by atoms with E-state index in [1.165, 1.54) is 0 Å². The van der Waals surface area contributed by atoms with Crippen LogP contribution in [0.4, 0.5) is 0 Å². The van der Waals surface area contributed by atoms with Gasteiger partial charge in [0.25, 0.3) is 0 Å². The van der Waals surface area contributed by atoms with Crippen molar-refractivity contribution in [2.45, 2.75) is 12.5 Å². The quantitative estimate of drug-likeness (QED) is 0.753. The van der Waals surface area contributed by atoms with Crippen molar-refractivity contribution in [3.63, 3.8) is 0 Å².